The number of amides is 2. The first-order chi connectivity index (χ1) is 18.2. The number of carbonyl (C=O) groups excluding carboxylic acids is 2. The van der Waals surface area contributed by atoms with Crippen molar-refractivity contribution >= 4 is 46.6 Å². The van der Waals surface area contributed by atoms with Gasteiger partial charge in [0.1, 0.15) is 11.4 Å². The van der Waals surface area contributed by atoms with Gasteiger partial charge in [-0.15, -0.1) is 0 Å². The van der Waals surface area contributed by atoms with Crippen LogP contribution in [-0.2, 0) is 9.59 Å². The van der Waals surface area contributed by atoms with Crippen molar-refractivity contribution < 1.29 is 14.0 Å². The van der Waals surface area contributed by atoms with E-state index in [0.717, 1.165) is 28.2 Å². The van der Waals surface area contributed by atoms with Gasteiger partial charge in [-0.2, -0.15) is 0 Å². The van der Waals surface area contributed by atoms with Crippen LogP contribution in [0.3, 0.4) is 0 Å². The zero-order valence-corrected chi connectivity index (χ0v) is 22.3. The van der Waals surface area contributed by atoms with E-state index in [1.54, 1.807) is 30.3 Å². The number of hydrogen-bond acceptors (Lipinski definition) is 3. The van der Waals surface area contributed by atoms with E-state index in [-0.39, 0.29) is 16.5 Å². The van der Waals surface area contributed by atoms with Crippen molar-refractivity contribution in [2.45, 2.75) is 27.7 Å². The maximum absolute atomic E-state index is 13.9. The van der Waals surface area contributed by atoms with Crippen LogP contribution in [0.1, 0.15) is 28.1 Å². The molecule has 0 N–H and O–H groups in total. The molecule has 0 bridgehead atoms. The Morgan fingerprint density at radius 2 is 1.32 bits per heavy atom. The second-order valence-electron chi connectivity index (χ2n) is 9.36. The van der Waals surface area contributed by atoms with Crippen LogP contribution in [0.4, 0.5) is 15.8 Å². The highest BCUT2D eigenvalue weighted by atomic mass is 32.1. The minimum absolute atomic E-state index is 0.0000345. The van der Waals surface area contributed by atoms with Crippen LogP contribution in [0.2, 0.25) is 0 Å². The Balaban J connectivity index is 1.66. The summed E-state index contributed by atoms with van der Waals surface area (Å²) in [6.07, 6.45) is 1.62. The van der Waals surface area contributed by atoms with Gasteiger partial charge >= 0.3 is 0 Å². The Labute approximate surface area is 226 Å². The maximum atomic E-state index is 13.9. The van der Waals surface area contributed by atoms with Crippen molar-refractivity contribution in [1.29, 1.82) is 0 Å². The van der Waals surface area contributed by atoms with Gasteiger partial charge in [-0.1, -0.05) is 24.3 Å². The second kappa shape index (κ2) is 9.84. The third kappa shape index (κ3) is 4.35. The molecule has 1 aliphatic rings. The lowest BCUT2D eigenvalue weighted by Gasteiger charge is -2.36. The molecule has 1 aromatic heterocycles. The molecule has 0 unspecified atom stereocenters. The minimum Gasteiger partial charge on any atom is -0.318 e. The number of carbonyl (C=O) groups is 2. The molecule has 38 heavy (non-hydrogen) atoms. The monoisotopic (exact) mass is 523 g/mol. The third-order valence-electron chi connectivity index (χ3n) is 6.87. The first-order valence-electron chi connectivity index (χ1n) is 12.2. The fourth-order valence-corrected chi connectivity index (χ4v) is 5.08. The van der Waals surface area contributed by atoms with E-state index >= 15 is 0 Å². The Morgan fingerprint density at radius 3 is 1.95 bits per heavy atom. The fourth-order valence-electron chi connectivity index (χ4n) is 4.70. The van der Waals surface area contributed by atoms with Crippen LogP contribution < -0.4 is 9.80 Å². The summed E-state index contributed by atoms with van der Waals surface area (Å²) >= 11 is 5.73. The Morgan fingerprint density at radius 1 is 0.711 bits per heavy atom. The molecule has 0 atom stereocenters. The van der Waals surface area contributed by atoms with Crippen LogP contribution in [0.5, 0.6) is 0 Å². The molecule has 5 nitrogen and oxygen atoms in total. The predicted molar refractivity (Wildman–Crippen MR) is 153 cm³/mol. The van der Waals surface area contributed by atoms with E-state index in [1.165, 1.54) is 21.9 Å². The van der Waals surface area contributed by atoms with Crippen LogP contribution >= 0.6 is 12.2 Å². The molecular weight excluding hydrogens is 497 g/mol. The number of anilines is 2. The van der Waals surface area contributed by atoms with Gasteiger partial charge in [0.15, 0.2) is 5.11 Å². The van der Waals surface area contributed by atoms with Gasteiger partial charge in [0.2, 0.25) is 0 Å². The number of nitrogens with zero attached hydrogens (tertiary/aromatic N) is 3. The van der Waals surface area contributed by atoms with Crippen LogP contribution in [0, 0.1) is 33.5 Å². The first-order valence-corrected chi connectivity index (χ1v) is 12.6. The molecule has 0 aliphatic carbocycles. The molecule has 7 heteroatoms. The second-order valence-corrected chi connectivity index (χ2v) is 9.73. The molecule has 1 fully saturated rings. The van der Waals surface area contributed by atoms with E-state index in [1.807, 2.05) is 74.7 Å². The highest BCUT2D eigenvalue weighted by molar-refractivity contribution is 7.81. The van der Waals surface area contributed by atoms with Gasteiger partial charge < -0.3 is 4.57 Å². The smallest absolute Gasteiger partial charge is 0.270 e. The van der Waals surface area contributed by atoms with Crippen molar-refractivity contribution in [1.82, 2.24) is 4.57 Å². The van der Waals surface area contributed by atoms with Crippen LogP contribution in [0.15, 0.2) is 84.4 Å². The number of halogens is 1. The average Bonchev–Trinajstić information content (AvgIpc) is 3.17. The summed E-state index contributed by atoms with van der Waals surface area (Å²) in [5.74, 6) is -1.29. The molecule has 190 valence electrons. The summed E-state index contributed by atoms with van der Waals surface area (Å²) in [5.41, 5.74) is 6.47. The molecule has 5 rings (SSSR count). The SMILES string of the molecule is Cc1ccc(N2C(=O)/C(=C/c3cc(C)n(-c4ccc(F)cc4)c3C)C(=O)N(c3ccccc3)C2=S)cc1C. The Kier molecular flexibility index (Phi) is 6.55. The number of benzene rings is 3. The number of rotatable bonds is 4. The molecular formula is C31H26FN3O2S. The lowest BCUT2D eigenvalue weighted by Crippen LogP contribution is -2.57. The summed E-state index contributed by atoms with van der Waals surface area (Å²) in [5, 5.41) is 0.100. The van der Waals surface area contributed by atoms with E-state index in [0.29, 0.717) is 16.9 Å². The Hall–Kier alpha value is -4.36. The lowest BCUT2D eigenvalue weighted by molar-refractivity contribution is -0.120. The van der Waals surface area contributed by atoms with Crippen molar-refractivity contribution in [3.63, 3.8) is 0 Å². The zero-order chi connectivity index (χ0) is 27.1. The minimum atomic E-state index is -0.488. The summed E-state index contributed by atoms with van der Waals surface area (Å²) < 4.78 is 15.5. The van der Waals surface area contributed by atoms with Gasteiger partial charge in [0.05, 0.1) is 11.4 Å². The van der Waals surface area contributed by atoms with Gasteiger partial charge in [-0.25, -0.2) is 4.39 Å². The lowest BCUT2D eigenvalue weighted by atomic mass is 10.0. The van der Waals surface area contributed by atoms with E-state index in [2.05, 4.69) is 0 Å². The van der Waals surface area contributed by atoms with Gasteiger partial charge in [0, 0.05) is 17.1 Å². The normalized spacial score (nSPS) is 15.1. The molecule has 2 heterocycles. The highest BCUT2D eigenvalue weighted by Gasteiger charge is 2.41. The van der Waals surface area contributed by atoms with Crippen molar-refractivity contribution in [2.75, 3.05) is 9.80 Å². The largest absolute Gasteiger partial charge is 0.318 e. The molecule has 1 aliphatic heterocycles. The van der Waals surface area contributed by atoms with Gasteiger partial charge in [-0.05, 0) is 117 Å². The molecule has 0 radical (unpaired) electrons. The zero-order valence-electron chi connectivity index (χ0n) is 21.5. The van der Waals surface area contributed by atoms with Crippen molar-refractivity contribution in [2.24, 2.45) is 0 Å². The van der Waals surface area contributed by atoms with E-state index in [9.17, 15) is 14.0 Å². The first kappa shape index (κ1) is 25.3. The number of thiocarbonyl (C=S) groups is 1. The van der Waals surface area contributed by atoms with Gasteiger partial charge in [-0.3, -0.25) is 19.4 Å². The fraction of sp³-hybridized carbons (Fsp3) is 0.129. The number of hydrogen-bond donors (Lipinski definition) is 0. The van der Waals surface area contributed by atoms with E-state index in [4.69, 9.17) is 12.2 Å². The third-order valence-corrected chi connectivity index (χ3v) is 7.23. The van der Waals surface area contributed by atoms with Crippen molar-refractivity contribution in [3.05, 3.63) is 118 Å². The molecule has 4 aromatic rings. The van der Waals surface area contributed by atoms with Gasteiger partial charge in [0.25, 0.3) is 11.8 Å². The maximum Gasteiger partial charge on any atom is 0.270 e. The number of aryl methyl sites for hydroxylation is 3. The topological polar surface area (TPSA) is 45.6 Å². The molecule has 2 amide bonds. The number of aromatic nitrogens is 1. The number of para-hydroxylation sites is 1. The average molecular weight is 524 g/mol. The molecule has 1 saturated heterocycles. The van der Waals surface area contributed by atoms with E-state index < -0.39 is 11.8 Å². The Bertz CT molecular complexity index is 1620. The molecule has 0 saturated carbocycles. The summed E-state index contributed by atoms with van der Waals surface area (Å²) in [6, 6.07) is 22.8. The van der Waals surface area contributed by atoms with Crippen LogP contribution in [-0.4, -0.2) is 21.5 Å². The highest BCUT2D eigenvalue weighted by Crippen LogP contribution is 2.32. The molecule has 0 spiro atoms. The van der Waals surface area contributed by atoms with Crippen molar-refractivity contribution in [3.8, 4) is 5.69 Å². The standard InChI is InChI=1S/C31H26FN3O2S/c1-19-10-13-27(16-20(19)2)35-30(37)28(29(36)34(31(35)38)25-8-6-5-7-9-25)18-23-17-21(3)33(22(23)4)26-14-11-24(32)12-15-26/h5-18H,1-4H3/b28-18+. The summed E-state index contributed by atoms with van der Waals surface area (Å²) in [4.78, 5) is 30.6. The quantitative estimate of drug-likeness (QED) is 0.172. The predicted octanol–water partition coefficient (Wildman–Crippen LogP) is 6.60. The molecule has 3 aromatic carbocycles. The van der Waals surface area contributed by atoms with Crippen LogP contribution in [0.25, 0.3) is 11.8 Å². The summed E-state index contributed by atoms with van der Waals surface area (Å²) in [6.45, 7) is 7.80. The summed E-state index contributed by atoms with van der Waals surface area (Å²) in [7, 11) is 0.